The predicted octanol–water partition coefficient (Wildman–Crippen LogP) is 2.92. The van der Waals surface area contributed by atoms with Crippen molar-refractivity contribution >= 4 is 17.3 Å². The first-order valence-corrected chi connectivity index (χ1v) is 11.9. The average Bonchev–Trinajstić information content (AvgIpc) is 3.23. The fourth-order valence-corrected chi connectivity index (χ4v) is 5.61. The number of guanidine groups is 1. The topological polar surface area (TPSA) is 65.4 Å². The maximum Gasteiger partial charge on any atom is 0.240 e. The highest BCUT2D eigenvalue weighted by atomic mass is 32.2. The van der Waals surface area contributed by atoms with Crippen LogP contribution in [0.5, 0.6) is 5.75 Å². The number of benzene rings is 2. The Bertz CT molecular complexity index is 890. The maximum atomic E-state index is 13.3. The number of phenolic OH excluding ortho intramolecular Hbond substituents is 1. The van der Waals surface area contributed by atoms with Crippen LogP contribution in [0.25, 0.3) is 11.1 Å². The van der Waals surface area contributed by atoms with Crippen molar-refractivity contribution in [3.63, 3.8) is 0 Å². The van der Waals surface area contributed by atoms with E-state index in [4.69, 9.17) is 4.99 Å². The number of rotatable bonds is 4. The fourth-order valence-electron chi connectivity index (χ4n) is 4.42. The Labute approximate surface area is 181 Å². The number of hydrogen-bond acceptors (Lipinski definition) is 6. The van der Waals surface area contributed by atoms with Gasteiger partial charge in [0.15, 0.2) is 4.90 Å². The van der Waals surface area contributed by atoms with Gasteiger partial charge < -0.3 is 14.6 Å². The number of phenols is 1. The number of hydrogen-bond donors (Lipinski definition) is 1. The van der Waals surface area contributed by atoms with Crippen molar-refractivity contribution in [3.8, 4) is 16.9 Å². The minimum absolute atomic E-state index is 0.255. The van der Waals surface area contributed by atoms with Crippen LogP contribution in [0.1, 0.15) is 19.3 Å². The van der Waals surface area contributed by atoms with Gasteiger partial charge >= 0.3 is 0 Å². The molecule has 0 spiro atoms. The Morgan fingerprint density at radius 1 is 0.867 bits per heavy atom. The van der Waals surface area contributed by atoms with E-state index in [1.54, 1.807) is 12.1 Å². The van der Waals surface area contributed by atoms with Gasteiger partial charge in [-0.3, -0.25) is 4.90 Å². The Balaban J connectivity index is 1.24. The van der Waals surface area contributed by atoms with Crippen LogP contribution in [-0.4, -0.2) is 75.0 Å². The zero-order chi connectivity index (χ0) is 20.5. The molecule has 0 bridgehead atoms. The Morgan fingerprint density at radius 2 is 1.50 bits per heavy atom. The molecular weight excluding hydrogens is 396 g/mol. The maximum absolute atomic E-state index is 13.3. The Kier molecular flexibility index (Phi) is 5.58. The molecule has 2 aliphatic heterocycles. The van der Waals surface area contributed by atoms with E-state index < -0.39 is 11.4 Å². The van der Waals surface area contributed by atoms with Crippen LogP contribution >= 0.6 is 0 Å². The van der Waals surface area contributed by atoms with Gasteiger partial charge in [-0.25, -0.2) is 4.99 Å². The SMILES string of the molecule is [O-][S+](c1ccc(-c2ccc(O)cc2)cc1)N1CCN=C1N1CCN(C2CCC2)CC1. The summed E-state index contributed by atoms with van der Waals surface area (Å²) in [6.45, 7) is 5.47. The summed E-state index contributed by atoms with van der Waals surface area (Å²) in [5.41, 5.74) is 2.07. The van der Waals surface area contributed by atoms with Gasteiger partial charge in [-0.05, 0) is 60.4 Å². The van der Waals surface area contributed by atoms with Gasteiger partial charge in [0.25, 0.3) is 0 Å². The second-order valence-corrected chi connectivity index (χ2v) is 9.62. The molecule has 7 heteroatoms. The van der Waals surface area contributed by atoms with Crippen molar-refractivity contribution in [2.24, 2.45) is 4.99 Å². The molecule has 1 saturated heterocycles. The zero-order valence-electron chi connectivity index (χ0n) is 17.1. The van der Waals surface area contributed by atoms with Gasteiger partial charge in [-0.1, -0.05) is 18.6 Å². The summed E-state index contributed by atoms with van der Waals surface area (Å²) in [4.78, 5) is 10.4. The molecule has 158 valence electrons. The van der Waals surface area contributed by atoms with E-state index in [1.165, 1.54) is 19.3 Å². The molecule has 0 amide bonds. The van der Waals surface area contributed by atoms with Crippen molar-refractivity contribution in [3.05, 3.63) is 48.5 Å². The predicted molar refractivity (Wildman–Crippen MR) is 120 cm³/mol. The van der Waals surface area contributed by atoms with Crippen LogP contribution in [0.15, 0.2) is 58.4 Å². The van der Waals surface area contributed by atoms with E-state index in [9.17, 15) is 9.66 Å². The quantitative estimate of drug-likeness (QED) is 0.765. The molecule has 1 aliphatic carbocycles. The summed E-state index contributed by atoms with van der Waals surface area (Å²) in [5.74, 6) is 1.15. The molecule has 2 aromatic carbocycles. The van der Waals surface area contributed by atoms with Crippen molar-refractivity contribution in [1.29, 1.82) is 0 Å². The second kappa shape index (κ2) is 8.49. The van der Waals surface area contributed by atoms with Gasteiger partial charge in [0.1, 0.15) is 17.1 Å². The lowest BCUT2D eigenvalue weighted by Gasteiger charge is -2.43. The number of aliphatic imine (C=N–C) groups is 1. The third kappa shape index (κ3) is 3.89. The lowest BCUT2D eigenvalue weighted by atomic mass is 9.91. The number of piperazine rings is 1. The van der Waals surface area contributed by atoms with Crippen LogP contribution in [0.2, 0.25) is 0 Å². The van der Waals surface area contributed by atoms with Gasteiger partial charge in [0.2, 0.25) is 5.96 Å². The molecule has 1 N–H and O–H groups in total. The summed E-state index contributed by atoms with van der Waals surface area (Å²) in [6, 6.07) is 15.8. The largest absolute Gasteiger partial charge is 0.588 e. The van der Waals surface area contributed by atoms with E-state index in [0.717, 1.165) is 54.2 Å². The summed E-state index contributed by atoms with van der Waals surface area (Å²) < 4.78 is 15.3. The number of nitrogens with zero attached hydrogens (tertiary/aromatic N) is 4. The molecule has 3 aliphatic rings. The highest BCUT2D eigenvalue weighted by Gasteiger charge is 2.36. The molecule has 1 unspecified atom stereocenters. The van der Waals surface area contributed by atoms with Crippen molar-refractivity contribution < 1.29 is 9.66 Å². The molecule has 1 atom stereocenters. The molecular formula is C23H28N4O2S. The average molecular weight is 425 g/mol. The van der Waals surface area contributed by atoms with Gasteiger partial charge in [-0.2, -0.15) is 4.31 Å². The van der Waals surface area contributed by atoms with E-state index in [0.29, 0.717) is 13.1 Å². The molecule has 6 nitrogen and oxygen atoms in total. The molecule has 0 aromatic heterocycles. The van der Waals surface area contributed by atoms with Crippen molar-refractivity contribution in [1.82, 2.24) is 14.1 Å². The fraction of sp³-hybridized carbons (Fsp3) is 0.435. The van der Waals surface area contributed by atoms with Gasteiger partial charge in [0.05, 0.1) is 13.1 Å². The summed E-state index contributed by atoms with van der Waals surface area (Å²) >= 11 is -1.26. The third-order valence-corrected chi connectivity index (χ3v) is 7.85. The van der Waals surface area contributed by atoms with Crippen LogP contribution in [-0.2, 0) is 11.4 Å². The van der Waals surface area contributed by atoms with E-state index in [2.05, 4.69) is 9.80 Å². The summed E-state index contributed by atoms with van der Waals surface area (Å²) in [6.07, 6.45) is 4.06. The highest BCUT2D eigenvalue weighted by Crippen LogP contribution is 2.28. The normalized spacial score (nSPS) is 21.4. The van der Waals surface area contributed by atoms with Gasteiger partial charge in [-0.15, -0.1) is 0 Å². The second-order valence-electron chi connectivity index (χ2n) is 8.21. The van der Waals surface area contributed by atoms with Crippen LogP contribution in [0.3, 0.4) is 0 Å². The molecule has 30 heavy (non-hydrogen) atoms. The molecule has 0 radical (unpaired) electrons. The van der Waals surface area contributed by atoms with Crippen LogP contribution in [0.4, 0.5) is 0 Å². The van der Waals surface area contributed by atoms with E-state index >= 15 is 0 Å². The molecule has 2 aromatic rings. The summed E-state index contributed by atoms with van der Waals surface area (Å²) in [7, 11) is 0. The standard InChI is InChI=1S/C23H28N4O2S/c28-21-8-4-18(5-9-21)19-6-10-22(11-7-19)30(29)27-13-12-24-23(27)26-16-14-25(15-17-26)20-2-1-3-20/h4-11,20,28H,1-3,12-17H2. The third-order valence-electron chi connectivity index (χ3n) is 6.42. The molecule has 2 heterocycles. The highest BCUT2D eigenvalue weighted by molar-refractivity contribution is 7.89. The first-order chi connectivity index (χ1) is 14.7. The number of aromatic hydroxyl groups is 1. The van der Waals surface area contributed by atoms with Crippen LogP contribution < -0.4 is 0 Å². The zero-order valence-corrected chi connectivity index (χ0v) is 17.9. The lowest BCUT2D eigenvalue weighted by Crippen LogP contribution is -2.56. The smallest absolute Gasteiger partial charge is 0.240 e. The van der Waals surface area contributed by atoms with Crippen molar-refractivity contribution in [2.45, 2.75) is 30.2 Å². The first-order valence-electron chi connectivity index (χ1n) is 10.8. The van der Waals surface area contributed by atoms with E-state index in [-0.39, 0.29) is 5.75 Å². The lowest BCUT2D eigenvalue weighted by molar-refractivity contribution is 0.0833. The summed E-state index contributed by atoms with van der Waals surface area (Å²) in [5, 5.41) is 9.47. The van der Waals surface area contributed by atoms with Crippen LogP contribution in [0, 0.1) is 0 Å². The first kappa shape index (κ1) is 19.7. The molecule has 5 rings (SSSR count). The minimum atomic E-state index is -1.26. The van der Waals surface area contributed by atoms with Crippen molar-refractivity contribution in [2.75, 3.05) is 39.3 Å². The Hall–Kier alpha value is -2.22. The van der Waals surface area contributed by atoms with Gasteiger partial charge in [0, 0.05) is 32.2 Å². The van der Waals surface area contributed by atoms with E-state index in [1.807, 2.05) is 40.7 Å². The minimum Gasteiger partial charge on any atom is -0.588 e. The molecule has 2 fully saturated rings. The monoisotopic (exact) mass is 424 g/mol. The Morgan fingerprint density at radius 3 is 2.10 bits per heavy atom. The molecule has 1 saturated carbocycles.